The summed E-state index contributed by atoms with van der Waals surface area (Å²) >= 11 is 0. The van der Waals surface area contributed by atoms with Crippen LogP contribution in [0, 0.1) is 5.92 Å². The number of nitrogens with zero attached hydrogens (tertiary/aromatic N) is 3. The maximum Gasteiger partial charge on any atom is 0.243 e. The molecule has 0 saturated carbocycles. The molecule has 8 heteroatoms. The summed E-state index contributed by atoms with van der Waals surface area (Å²) in [5.41, 5.74) is 0. The number of nitrogens with one attached hydrogen (secondary N) is 2. The molecule has 1 aromatic rings. The molecule has 8 nitrogen and oxygen atoms in total. The molecule has 2 N–H and O–H groups in total. The summed E-state index contributed by atoms with van der Waals surface area (Å²) in [6.45, 7) is 6.41. The highest BCUT2D eigenvalue weighted by atomic mass is 16.3. The molecule has 0 aromatic carbocycles. The number of piperidine rings is 1. The molecule has 2 heterocycles. The number of aliphatic imine (C=N–C) groups is 1. The third-order valence-electron chi connectivity index (χ3n) is 5.60. The third-order valence-corrected chi connectivity index (χ3v) is 5.60. The van der Waals surface area contributed by atoms with Crippen LogP contribution in [0.2, 0.25) is 0 Å². The topological polar surface area (TPSA) is 90.2 Å². The van der Waals surface area contributed by atoms with Gasteiger partial charge in [0.2, 0.25) is 11.8 Å². The van der Waals surface area contributed by atoms with E-state index in [0.29, 0.717) is 12.5 Å². The van der Waals surface area contributed by atoms with E-state index >= 15 is 0 Å². The average molecular weight is 420 g/mol. The minimum Gasteiger partial charge on any atom is -0.469 e. The molecule has 2 rings (SSSR count). The fraction of sp³-hybridized carbons (Fsp3) is 0.682. The summed E-state index contributed by atoms with van der Waals surface area (Å²) in [6.07, 6.45) is 5.92. The molecule has 0 spiro atoms. The van der Waals surface area contributed by atoms with Crippen molar-refractivity contribution in [1.29, 1.82) is 0 Å². The molecule has 0 atom stereocenters. The van der Waals surface area contributed by atoms with E-state index in [1.807, 2.05) is 17.0 Å². The molecule has 0 bridgehead atoms. The molecule has 1 aromatic heterocycles. The van der Waals surface area contributed by atoms with Crippen LogP contribution in [-0.4, -0.2) is 73.9 Å². The van der Waals surface area contributed by atoms with E-state index in [1.54, 1.807) is 20.4 Å². The van der Waals surface area contributed by atoms with Crippen molar-refractivity contribution >= 4 is 17.8 Å². The van der Waals surface area contributed by atoms with Crippen molar-refractivity contribution in [2.75, 3.05) is 40.3 Å². The summed E-state index contributed by atoms with van der Waals surface area (Å²) in [5, 5.41) is 6.74. The summed E-state index contributed by atoms with van der Waals surface area (Å²) < 4.78 is 5.37. The van der Waals surface area contributed by atoms with Crippen LogP contribution in [0.1, 0.15) is 45.3 Å². The predicted octanol–water partition coefficient (Wildman–Crippen LogP) is 1.87. The number of amides is 2. The second-order valence-electron chi connectivity index (χ2n) is 7.97. The van der Waals surface area contributed by atoms with Crippen molar-refractivity contribution in [2.24, 2.45) is 10.9 Å². The smallest absolute Gasteiger partial charge is 0.243 e. The first-order valence-electron chi connectivity index (χ1n) is 11.0. The van der Waals surface area contributed by atoms with Crippen LogP contribution in [0.25, 0.3) is 0 Å². The van der Waals surface area contributed by atoms with Gasteiger partial charge in [0.05, 0.1) is 6.26 Å². The van der Waals surface area contributed by atoms with E-state index < -0.39 is 0 Å². The molecule has 1 saturated heterocycles. The summed E-state index contributed by atoms with van der Waals surface area (Å²) in [5.74, 6) is 1.89. The number of carbonyl (C=O) groups excluding carboxylic acids is 2. The van der Waals surface area contributed by atoms with Crippen LogP contribution in [0.15, 0.2) is 27.8 Å². The summed E-state index contributed by atoms with van der Waals surface area (Å²) in [6, 6.07) is 4.03. The van der Waals surface area contributed by atoms with E-state index in [9.17, 15) is 9.59 Å². The lowest BCUT2D eigenvalue weighted by Crippen LogP contribution is -2.51. The Bertz CT molecular complexity index is 675. The van der Waals surface area contributed by atoms with Gasteiger partial charge in [-0.2, -0.15) is 0 Å². The maximum absolute atomic E-state index is 12.6. The van der Waals surface area contributed by atoms with Crippen molar-refractivity contribution in [3.63, 3.8) is 0 Å². The molecule has 0 unspecified atom stereocenters. The second-order valence-corrected chi connectivity index (χ2v) is 7.97. The van der Waals surface area contributed by atoms with E-state index in [1.165, 1.54) is 4.90 Å². The Kier molecular flexibility index (Phi) is 9.70. The Labute approximate surface area is 180 Å². The van der Waals surface area contributed by atoms with Gasteiger partial charge in [-0.1, -0.05) is 13.8 Å². The first-order valence-corrected chi connectivity index (χ1v) is 11.0. The minimum absolute atomic E-state index is 0.0484. The Morgan fingerprint density at radius 2 is 1.97 bits per heavy atom. The van der Waals surface area contributed by atoms with Gasteiger partial charge in [-0.15, -0.1) is 0 Å². The summed E-state index contributed by atoms with van der Waals surface area (Å²) in [4.78, 5) is 32.5. The lowest BCUT2D eigenvalue weighted by Gasteiger charge is -2.35. The number of likely N-dealkylation sites (tertiary alicyclic amines) is 1. The zero-order chi connectivity index (χ0) is 21.9. The van der Waals surface area contributed by atoms with Gasteiger partial charge < -0.3 is 24.9 Å². The largest absolute Gasteiger partial charge is 0.469 e. The first kappa shape index (κ1) is 23.8. The number of furan rings is 1. The van der Waals surface area contributed by atoms with Crippen molar-refractivity contribution in [1.82, 2.24) is 20.4 Å². The van der Waals surface area contributed by atoms with Gasteiger partial charge in [-0.3, -0.25) is 9.59 Å². The van der Waals surface area contributed by atoms with Crippen LogP contribution < -0.4 is 10.6 Å². The van der Waals surface area contributed by atoms with Crippen LogP contribution >= 0.6 is 0 Å². The van der Waals surface area contributed by atoms with Gasteiger partial charge in [0, 0.05) is 52.1 Å². The summed E-state index contributed by atoms with van der Waals surface area (Å²) in [7, 11) is 3.45. The first-order chi connectivity index (χ1) is 14.4. The quantitative estimate of drug-likeness (QED) is 0.471. The maximum atomic E-state index is 12.6. The minimum atomic E-state index is -0.0484. The standard InChI is InChI=1S/C22H37N5O3/c1-5-17(6-2)21(29)27-13-10-18(11-14-27)25-22(24-16-20(28)26(3)4)23-12-9-19-8-7-15-30-19/h7-8,15,17-18H,5-6,9-14,16H2,1-4H3,(H2,23,24,25). The Hall–Kier alpha value is -2.51. The number of hydrogen-bond donors (Lipinski definition) is 2. The molecule has 0 aliphatic carbocycles. The Balaban J connectivity index is 1.88. The SMILES string of the molecule is CCC(CC)C(=O)N1CCC(NC(=NCC(=O)N(C)C)NCCc2ccco2)CC1. The molecule has 1 fully saturated rings. The van der Waals surface area contributed by atoms with E-state index in [0.717, 1.165) is 51.0 Å². The zero-order valence-electron chi connectivity index (χ0n) is 18.8. The highest BCUT2D eigenvalue weighted by Gasteiger charge is 2.26. The fourth-order valence-corrected chi connectivity index (χ4v) is 3.53. The number of guanidine groups is 1. The molecule has 1 aliphatic heterocycles. The number of hydrogen-bond acceptors (Lipinski definition) is 4. The Morgan fingerprint density at radius 1 is 1.27 bits per heavy atom. The van der Waals surface area contributed by atoms with Crippen molar-refractivity contribution < 1.29 is 14.0 Å². The Morgan fingerprint density at radius 3 is 2.53 bits per heavy atom. The molecule has 168 valence electrons. The highest BCUT2D eigenvalue weighted by molar-refractivity contribution is 5.85. The van der Waals surface area contributed by atoms with Gasteiger partial charge >= 0.3 is 0 Å². The molecule has 1 aliphatic rings. The molecule has 30 heavy (non-hydrogen) atoms. The van der Waals surface area contributed by atoms with Gasteiger partial charge in [0.25, 0.3) is 0 Å². The van der Waals surface area contributed by atoms with Crippen LogP contribution in [-0.2, 0) is 16.0 Å². The molecular weight excluding hydrogens is 382 g/mol. The van der Waals surface area contributed by atoms with Crippen molar-refractivity contribution in [3.8, 4) is 0 Å². The average Bonchev–Trinajstić information content (AvgIpc) is 3.26. The fourth-order valence-electron chi connectivity index (χ4n) is 3.53. The monoisotopic (exact) mass is 419 g/mol. The van der Waals surface area contributed by atoms with Crippen LogP contribution in [0.3, 0.4) is 0 Å². The van der Waals surface area contributed by atoms with E-state index in [4.69, 9.17) is 4.42 Å². The second kappa shape index (κ2) is 12.2. The number of rotatable bonds is 9. The lowest BCUT2D eigenvalue weighted by atomic mass is 9.98. The van der Waals surface area contributed by atoms with Crippen LogP contribution in [0.4, 0.5) is 0 Å². The van der Waals surface area contributed by atoms with Crippen molar-refractivity contribution in [2.45, 2.75) is 52.0 Å². The van der Waals surface area contributed by atoms with E-state index in [2.05, 4.69) is 29.5 Å². The van der Waals surface area contributed by atoms with Gasteiger partial charge in [0.15, 0.2) is 5.96 Å². The predicted molar refractivity (Wildman–Crippen MR) is 118 cm³/mol. The highest BCUT2D eigenvalue weighted by Crippen LogP contribution is 2.17. The van der Waals surface area contributed by atoms with Gasteiger partial charge in [-0.05, 0) is 37.8 Å². The zero-order valence-corrected chi connectivity index (χ0v) is 18.8. The van der Waals surface area contributed by atoms with Crippen LogP contribution in [0.5, 0.6) is 0 Å². The molecule has 0 radical (unpaired) electrons. The van der Waals surface area contributed by atoms with Gasteiger partial charge in [0.1, 0.15) is 12.3 Å². The lowest BCUT2D eigenvalue weighted by molar-refractivity contribution is -0.136. The van der Waals surface area contributed by atoms with Gasteiger partial charge in [-0.25, -0.2) is 4.99 Å². The number of carbonyl (C=O) groups is 2. The third kappa shape index (κ3) is 7.39. The normalized spacial score (nSPS) is 15.4. The van der Waals surface area contributed by atoms with Crippen molar-refractivity contribution in [3.05, 3.63) is 24.2 Å². The molecule has 2 amide bonds. The number of likely N-dealkylation sites (N-methyl/N-ethyl adjacent to an activating group) is 1. The molecular formula is C22H37N5O3. The van der Waals surface area contributed by atoms with E-state index in [-0.39, 0.29) is 30.3 Å².